The summed E-state index contributed by atoms with van der Waals surface area (Å²) in [5.41, 5.74) is 2.31. The van der Waals surface area contributed by atoms with Crippen molar-refractivity contribution in [1.29, 1.82) is 0 Å². The van der Waals surface area contributed by atoms with Crippen molar-refractivity contribution in [3.8, 4) is 0 Å². The Morgan fingerprint density at radius 1 is 1.58 bits per heavy atom. The van der Waals surface area contributed by atoms with Gasteiger partial charge in [-0.2, -0.15) is 0 Å². The summed E-state index contributed by atoms with van der Waals surface area (Å²) in [6.45, 7) is 4.71. The van der Waals surface area contributed by atoms with E-state index >= 15 is 0 Å². The Morgan fingerprint density at radius 3 is 3.08 bits per heavy atom. The largest absolute Gasteiger partial charge is 0.501 e. The molecule has 0 aliphatic rings. The molecule has 2 heteroatoms. The molecule has 0 aliphatic carbocycles. The van der Waals surface area contributed by atoms with E-state index in [0.29, 0.717) is 6.61 Å². The lowest BCUT2D eigenvalue weighted by Crippen LogP contribution is -1.82. The van der Waals surface area contributed by atoms with Crippen LogP contribution in [0.3, 0.4) is 0 Å². The molecule has 0 radical (unpaired) electrons. The van der Waals surface area contributed by atoms with Crippen LogP contribution in [-0.2, 0) is 4.74 Å². The van der Waals surface area contributed by atoms with Gasteiger partial charge in [0.2, 0.25) is 0 Å². The molecule has 1 rings (SSSR count). The number of aryl methyl sites for hydroxylation is 1. The van der Waals surface area contributed by atoms with E-state index < -0.39 is 0 Å². The van der Waals surface area contributed by atoms with E-state index in [1.807, 2.05) is 32.2 Å². The first kappa shape index (κ1) is 8.78. The van der Waals surface area contributed by atoms with Crippen LogP contribution in [0.5, 0.6) is 0 Å². The highest BCUT2D eigenvalue weighted by molar-refractivity contribution is 5.50. The lowest BCUT2D eigenvalue weighted by Gasteiger charge is -1.97. The number of hydrogen-bond donors (Lipinski definition) is 0. The first-order valence-electron chi connectivity index (χ1n) is 4.03. The van der Waals surface area contributed by atoms with E-state index in [0.717, 1.165) is 5.56 Å². The highest BCUT2D eigenvalue weighted by Crippen LogP contribution is 2.06. The topological polar surface area (TPSA) is 22.1 Å². The molecule has 12 heavy (non-hydrogen) atoms. The summed E-state index contributed by atoms with van der Waals surface area (Å²) in [5, 5.41) is 0. The van der Waals surface area contributed by atoms with Crippen LogP contribution in [0.1, 0.15) is 18.1 Å². The fourth-order valence-electron chi connectivity index (χ4n) is 0.868. The van der Waals surface area contributed by atoms with E-state index in [9.17, 15) is 0 Å². The van der Waals surface area contributed by atoms with Crippen LogP contribution < -0.4 is 0 Å². The molecule has 0 amide bonds. The third kappa shape index (κ3) is 2.38. The van der Waals surface area contributed by atoms with Crippen molar-refractivity contribution in [2.24, 2.45) is 0 Å². The molecule has 2 nitrogen and oxygen atoms in total. The van der Waals surface area contributed by atoms with Crippen molar-refractivity contribution in [1.82, 2.24) is 4.98 Å². The standard InChI is InChI=1S/C10H13NO/c1-3-12-7-5-10-8-11-6-4-9(10)2/h4-8H,3H2,1-2H3. The summed E-state index contributed by atoms with van der Waals surface area (Å²) >= 11 is 0. The molecule has 0 atom stereocenters. The second-order valence-electron chi connectivity index (χ2n) is 2.49. The summed E-state index contributed by atoms with van der Waals surface area (Å²) < 4.78 is 5.08. The van der Waals surface area contributed by atoms with Gasteiger partial charge in [0.25, 0.3) is 0 Å². The molecule has 0 bridgehead atoms. The van der Waals surface area contributed by atoms with E-state index in [1.54, 1.807) is 12.5 Å². The molecule has 1 aromatic rings. The van der Waals surface area contributed by atoms with Crippen LogP contribution in [-0.4, -0.2) is 11.6 Å². The van der Waals surface area contributed by atoms with Gasteiger partial charge >= 0.3 is 0 Å². The molecular weight excluding hydrogens is 150 g/mol. The van der Waals surface area contributed by atoms with Crippen molar-refractivity contribution in [2.75, 3.05) is 6.61 Å². The van der Waals surface area contributed by atoms with Gasteiger partial charge in [-0.15, -0.1) is 0 Å². The molecule has 0 unspecified atom stereocenters. The summed E-state index contributed by atoms with van der Waals surface area (Å²) in [6, 6.07) is 1.98. The lowest BCUT2D eigenvalue weighted by atomic mass is 10.2. The molecular formula is C10H13NO. The third-order valence-electron chi connectivity index (χ3n) is 1.59. The van der Waals surface area contributed by atoms with E-state index in [4.69, 9.17) is 4.74 Å². The van der Waals surface area contributed by atoms with Crippen LogP contribution in [0.2, 0.25) is 0 Å². The van der Waals surface area contributed by atoms with Gasteiger partial charge in [-0.1, -0.05) is 0 Å². The number of aromatic nitrogens is 1. The zero-order chi connectivity index (χ0) is 8.81. The molecule has 0 N–H and O–H groups in total. The number of hydrogen-bond acceptors (Lipinski definition) is 2. The van der Waals surface area contributed by atoms with Gasteiger partial charge in [0.1, 0.15) is 0 Å². The Morgan fingerprint density at radius 2 is 2.42 bits per heavy atom. The minimum Gasteiger partial charge on any atom is -0.501 e. The quantitative estimate of drug-likeness (QED) is 0.638. The first-order valence-corrected chi connectivity index (χ1v) is 4.03. The second kappa shape index (κ2) is 4.54. The normalized spacial score (nSPS) is 10.5. The molecule has 0 spiro atoms. The van der Waals surface area contributed by atoms with Crippen LogP contribution >= 0.6 is 0 Å². The van der Waals surface area contributed by atoms with Crippen LogP contribution in [0.4, 0.5) is 0 Å². The SMILES string of the molecule is CCOC=Cc1cnccc1C. The smallest absolute Gasteiger partial charge is 0.0845 e. The zero-order valence-corrected chi connectivity index (χ0v) is 7.45. The van der Waals surface area contributed by atoms with Crippen molar-refractivity contribution in [3.63, 3.8) is 0 Å². The monoisotopic (exact) mass is 163 g/mol. The van der Waals surface area contributed by atoms with E-state index in [1.165, 1.54) is 5.56 Å². The fraction of sp³-hybridized carbons (Fsp3) is 0.300. The van der Waals surface area contributed by atoms with Crippen molar-refractivity contribution >= 4 is 6.08 Å². The predicted octanol–water partition coefficient (Wildman–Crippen LogP) is 2.40. The minimum atomic E-state index is 0.704. The van der Waals surface area contributed by atoms with Crippen molar-refractivity contribution < 1.29 is 4.74 Å². The molecule has 64 valence electrons. The fourth-order valence-corrected chi connectivity index (χ4v) is 0.868. The lowest BCUT2D eigenvalue weighted by molar-refractivity contribution is 0.272. The Hall–Kier alpha value is -1.31. The highest BCUT2D eigenvalue weighted by Gasteiger charge is 1.90. The van der Waals surface area contributed by atoms with Gasteiger partial charge < -0.3 is 4.74 Å². The van der Waals surface area contributed by atoms with E-state index in [2.05, 4.69) is 4.98 Å². The number of ether oxygens (including phenoxy) is 1. The number of pyridine rings is 1. The van der Waals surface area contributed by atoms with E-state index in [-0.39, 0.29) is 0 Å². The summed E-state index contributed by atoms with van der Waals surface area (Å²) in [7, 11) is 0. The number of nitrogens with zero attached hydrogens (tertiary/aromatic N) is 1. The Kier molecular flexibility index (Phi) is 3.33. The molecule has 0 aliphatic heterocycles. The molecule has 0 saturated carbocycles. The summed E-state index contributed by atoms with van der Waals surface area (Å²) in [4.78, 5) is 4.02. The van der Waals surface area contributed by atoms with Crippen molar-refractivity contribution in [3.05, 3.63) is 35.8 Å². The Labute approximate surface area is 72.9 Å². The molecule has 1 heterocycles. The minimum absolute atomic E-state index is 0.704. The average Bonchev–Trinajstić information content (AvgIpc) is 2.09. The molecule has 0 fully saturated rings. The first-order chi connectivity index (χ1) is 5.84. The maximum atomic E-state index is 5.08. The maximum absolute atomic E-state index is 5.08. The van der Waals surface area contributed by atoms with Crippen LogP contribution in [0.25, 0.3) is 6.08 Å². The Balaban J connectivity index is 2.68. The van der Waals surface area contributed by atoms with Gasteiger partial charge in [0.15, 0.2) is 0 Å². The third-order valence-corrected chi connectivity index (χ3v) is 1.59. The average molecular weight is 163 g/mol. The van der Waals surface area contributed by atoms with Crippen LogP contribution in [0.15, 0.2) is 24.7 Å². The molecule has 0 saturated heterocycles. The predicted molar refractivity (Wildman–Crippen MR) is 49.6 cm³/mol. The molecule has 1 aromatic heterocycles. The maximum Gasteiger partial charge on any atom is 0.0845 e. The summed E-state index contributed by atoms with van der Waals surface area (Å²) in [5.74, 6) is 0. The van der Waals surface area contributed by atoms with Gasteiger partial charge in [-0.3, -0.25) is 4.98 Å². The van der Waals surface area contributed by atoms with Gasteiger partial charge in [-0.25, -0.2) is 0 Å². The highest BCUT2D eigenvalue weighted by atomic mass is 16.5. The van der Waals surface area contributed by atoms with Gasteiger partial charge in [-0.05, 0) is 37.1 Å². The summed E-state index contributed by atoms with van der Waals surface area (Å²) in [6.07, 6.45) is 7.23. The number of rotatable bonds is 3. The zero-order valence-electron chi connectivity index (χ0n) is 7.45. The second-order valence-corrected chi connectivity index (χ2v) is 2.49. The van der Waals surface area contributed by atoms with Crippen LogP contribution in [0, 0.1) is 6.92 Å². The van der Waals surface area contributed by atoms with Gasteiger partial charge in [0, 0.05) is 12.4 Å². The van der Waals surface area contributed by atoms with Gasteiger partial charge in [0.05, 0.1) is 12.9 Å². The molecule has 0 aromatic carbocycles. The Bertz CT molecular complexity index is 268. The van der Waals surface area contributed by atoms with Crippen molar-refractivity contribution in [2.45, 2.75) is 13.8 Å².